The molecule has 0 N–H and O–H groups in total. The standard InChI is InChI=1S/C62H38N2OS/c1-2-15-44(16-3-1)64-57-33-27-42(35-55(57)56-36-43-26-31-53-52-20-7-9-23-61(52)66-62(53)54(43)38-58(56)64)41-14-10-17-46(34-41)63(47-30-32-51-50-19-6-8-22-59(50)65-60(51)37-47)45-28-24-40(25-29-45)49-21-11-13-39-12-4-5-18-48(39)49/h1-38H. The molecule has 0 aliphatic heterocycles. The Balaban J connectivity index is 0.933. The Hall–Kier alpha value is -8.44. The minimum absolute atomic E-state index is 0.864. The monoisotopic (exact) mass is 858 g/mol. The molecule has 0 fully saturated rings. The van der Waals surface area contributed by atoms with Gasteiger partial charge in [0.2, 0.25) is 0 Å². The molecule has 0 aliphatic rings. The van der Waals surface area contributed by atoms with Crippen LogP contribution in [-0.4, -0.2) is 4.57 Å². The van der Waals surface area contributed by atoms with E-state index in [1.807, 2.05) is 23.5 Å². The van der Waals surface area contributed by atoms with Crippen LogP contribution in [0.1, 0.15) is 0 Å². The third-order valence-corrected chi connectivity index (χ3v) is 14.8. The molecule has 3 nitrogen and oxygen atoms in total. The summed E-state index contributed by atoms with van der Waals surface area (Å²) in [6.07, 6.45) is 0. The van der Waals surface area contributed by atoms with Crippen molar-refractivity contribution in [2.45, 2.75) is 0 Å². The largest absolute Gasteiger partial charge is 0.456 e. The summed E-state index contributed by atoms with van der Waals surface area (Å²) in [5.41, 5.74) is 13.2. The van der Waals surface area contributed by atoms with Gasteiger partial charge in [-0.1, -0.05) is 140 Å². The first-order valence-electron chi connectivity index (χ1n) is 22.5. The Morgan fingerprint density at radius 1 is 0.348 bits per heavy atom. The van der Waals surface area contributed by atoms with Crippen LogP contribution >= 0.6 is 11.3 Å². The van der Waals surface area contributed by atoms with E-state index in [0.717, 1.165) is 55.8 Å². The van der Waals surface area contributed by atoms with Gasteiger partial charge in [-0.3, -0.25) is 0 Å². The summed E-state index contributed by atoms with van der Waals surface area (Å²) in [6.45, 7) is 0. The van der Waals surface area contributed by atoms with Gasteiger partial charge in [-0.2, -0.15) is 0 Å². The van der Waals surface area contributed by atoms with Crippen LogP contribution in [0.5, 0.6) is 0 Å². The number of para-hydroxylation sites is 2. The number of aromatic nitrogens is 1. The zero-order valence-corrected chi connectivity index (χ0v) is 36.5. The number of fused-ring (bicyclic) bond motifs is 12. The van der Waals surface area contributed by atoms with Gasteiger partial charge in [0.1, 0.15) is 11.2 Å². The minimum atomic E-state index is 0.864. The van der Waals surface area contributed by atoms with Gasteiger partial charge in [-0.05, 0) is 123 Å². The highest BCUT2D eigenvalue weighted by Crippen LogP contribution is 2.44. The number of thiophene rings is 1. The molecule has 0 bridgehead atoms. The van der Waals surface area contributed by atoms with Crippen molar-refractivity contribution in [3.05, 3.63) is 231 Å². The van der Waals surface area contributed by atoms with Crippen molar-refractivity contribution in [1.29, 1.82) is 0 Å². The Labute approximate surface area is 384 Å². The average molecular weight is 859 g/mol. The highest BCUT2D eigenvalue weighted by Gasteiger charge is 2.20. The third-order valence-electron chi connectivity index (χ3n) is 13.5. The lowest BCUT2D eigenvalue weighted by atomic mass is 9.98. The lowest BCUT2D eigenvalue weighted by Crippen LogP contribution is -2.10. The van der Waals surface area contributed by atoms with E-state index in [1.54, 1.807) is 0 Å². The van der Waals surface area contributed by atoms with Crippen LogP contribution in [0.3, 0.4) is 0 Å². The molecular weight excluding hydrogens is 821 g/mol. The number of hydrogen-bond donors (Lipinski definition) is 0. The maximum absolute atomic E-state index is 6.47. The molecule has 0 atom stereocenters. The number of nitrogens with zero attached hydrogens (tertiary/aromatic N) is 2. The molecule has 66 heavy (non-hydrogen) atoms. The van der Waals surface area contributed by atoms with Crippen molar-refractivity contribution in [3.8, 4) is 27.9 Å². The Kier molecular flexibility index (Phi) is 8.15. The number of rotatable bonds is 6. The van der Waals surface area contributed by atoms with Gasteiger partial charge in [0, 0.05) is 75.9 Å². The fraction of sp³-hybridized carbons (Fsp3) is 0. The average Bonchev–Trinajstić information content (AvgIpc) is 4.05. The summed E-state index contributed by atoms with van der Waals surface area (Å²) in [5, 5.41) is 12.4. The second kappa shape index (κ2) is 14.5. The quantitative estimate of drug-likeness (QED) is 0.166. The van der Waals surface area contributed by atoms with Crippen molar-refractivity contribution in [2.24, 2.45) is 0 Å². The van der Waals surface area contributed by atoms with Crippen LogP contribution < -0.4 is 4.90 Å². The summed E-state index contributed by atoms with van der Waals surface area (Å²) in [5.74, 6) is 0. The van der Waals surface area contributed by atoms with Crippen molar-refractivity contribution in [2.75, 3.05) is 4.90 Å². The van der Waals surface area contributed by atoms with Gasteiger partial charge >= 0.3 is 0 Å². The van der Waals surface area contributed by atoms with Crippen molar-refractivity contribution < 1.29 is 4.42 Å². The molecule has 3 aromatic heterocycles. The van der Waals surface area contributed by atoms with Crippen LogP contribution in [0.4, 0.5) is 17.1 Å². The van der Waals surface area contributed by atoms with Crippen molar-refractivity contribution in [3.63, 3.8) is 0 Å². The SMILES string of the molecule is c1ccc(-n2c3ccc(-c4cccc(N(c5ccc(-c6cccc7ccccc67)cc5)c5ccc6c(c5)oc5ccccc56)c4)cc3c3cc4ccc5c6ccccc6sc5c4cc32)cc1. The molecule has 0 aliphatic carbocycles. The van der Waals surface area contributed by atoms with E-state index in [9.17, 15) is 0 Å². The van der Waals surface area contributed by atoms with Crippen LogP contribution in [0, 0.1) is 0 Å². The first-order chi connectivity index (χ1) is 32.7. The predicted octanol–water partition coefficient (Wildman–Crippen LogP) is 18.2. The van der Waals surface area contributed by atoms with Gasteiger partial charge in [0.05, 0.1) is 11.0 Å². The van der Waals surface area contributed by atoms with Crippen LogP contribution in [0.25, 0.3) is 113 Å². The first-order valence-corrected chi connectivity index (χ1v) is 23.3. The maximum atomic E-state index is 6.47. The number of hydrogen-bond acceptors (Lipinski definition) is 3. The number of benzene rings is 11. The highest BCUT2D eigenvalue weighted by atomic mass is 32.1. The summed E-state index contributed by atoms with van der Waals surface area (Å²) in [4.78, 5) is 2.35. The molecule has 0 amide bonds. The molecule has 11 aromatic carbocycles. The highest BCUT2D eigenvalue weighted by molar-refractivity contribution is 7.26. The zero-order valence-electron chi connectivity index (χ0n) is 35.7. The summed E-state index contributed by atoms with van der Waals surface area (Å²) < 4.78 is 11.6. The molecule has 3 heterocycles. The molecule has 4 heteroatoms. The summed E-state index contributed by atoms with van der Waals surface area (Å²) >= 11 is 1.89. The summed E-state index contributed by atoms with van der Waals surface area (Å²) in [7, 11) is 0. The number of furan rings is 1. The predicted molar refractivity (Wildman–Crippen MR) is 282 cm³/mol. The maximum Gasteiger partial charge on any atom is 0.137 e. The van der Waals surface area contributed by atoms with Gasteiger partial charge in [0.15, 0.2) is 0 Å². The lowest BCUT2D eigenvalue weighted by Gasteiger charge is -2.26. The molecule has 0 spiro atoms. The van der Waals surface area contributed by atoms with E-state index in [0.29, 0.717) is 0 Å². The van der Waals surface area contributed by atoms with E-state index >= 15 is 0 Å². The fourth-order valence-corrected chi connectivity index (χ4v) is 11.7. The molecular formula is C62H38N2OS. The van der Waals surface area contributed by atoms with Crippen molar-refractivity contribution in [1.82, 2.24) is 4.57 Å². The number of anilines is 3. The van der Waals surface area contributed by atoms with Crippen molar-refractivity contribution >= 4 is 114 Å². The third kappa shape index (κ3) is 5.75. The van der Waals surface area contributed by atoms with E-state index in [1.165, 1.54) is 74.6 Å². The molecule has 0 saturated heterocycles. The minimum Gasteiger partial charge on any atom is -0.456 e. The van der Waals surface area contributed by atoms with Crippen LogP contribution in [-0.2, 0) is 0 Å². The second-order valence-electron chi connectivity index (χ2n) is 17.3. The molecule has 0 radical (unpaired) electrons. The molecule has 14 rings (SSSR count). The molecule has 308 valence electrons. The topological polar surface area (TPSA) is 21.3 Å². The van der Waals surface area contributed by atoms with Crippen LogP contribution in [0.2, 0.25) is 0 Å². The Morgan fingerprint density at radius 3 is 1.94 bits per heavy atom. The van der Waals surface area contributed by atoms with E-state index in [4.69, 9.17) is 4.42 Å². The fourth-order valence-electron chi connectivity index (χ4n) is 10.4. The lowest BCUT2D eigenvalue weighted by molar-refractivity contribution is 0.669. The molecule has 0 unspecified atom stereocenters. The smallest absolute Gasteiger partial charge is 0.137 e. The van der Waals surface area contributed by atoms with E-state index in [2.05, 4.69) is 228 Å². The van der Waals surface area contributed by atoms with Gasteiger partial charge in [-0.25, -0.2) is 0 Å². The van der Waals surface area contributed by atoms with E-state index < -0.39 is 0 Å². The first kappa shape index (κ1) is 37.0. The molecule has 0 saturated carbocycles. The second-order valence-corrected chi connectivity index (χ2v) is 18.3. The Morgan fingerprint density at radius 2 is 1.03 bits per heavy atom. The van der Waals surface area contributed by atoms with Gasteiger partial charge in [0.25, 0.3) is 0 Å². The molecule has 14 aromatic rings. The van der Waals surface area contributed by atoms with Gasteiger partial charge < -0.3 is 13.9 Å². The van der Waals surface area contributed by atoms with Gasteiger partial charge in [-0.15, -0.1) is 11.3 Å². The normalized spacial score (nSPS) is 11.9. The van der Waals surface area contributed by atoms with E-state index in [-0.39, 0.29) is 0 Å². The summed E-state index contributed by atoms with van der Waals surface area (Å²) in [6, 6.07) is 84.0. The Bertz CT molecular complexity index is 4230. The zero-order chi connectivity index (χ0) is 43.3. The van der Waals surface area contributed by atoms with Crippen LogP contribution in [0.15, 0.2) is 235 Å².